The molecule has 0 fully saturated rings. The van der Waals surface area contributed by atoms with Crippen LogP contribution in [0.4, 0.5) is 11.8 Å². The van der Waals surface area contributed by atoms with Gasteiger partial charge < -0.3 is 5.32 Å². The first-order valence-corrected chi connectivity index (χ1v) is 7.61. The van der Waals surface area contributed by atoms with Gasteiger partial charge >= 0.3 is 0 Å². The molecule has 0 radical (unpaired) electrons. The van der Waals surface area contributed by atoms with E-state index in [-0.39, 0.29) is 0 Å². The Hall–Kier alpha value is -1.40. The quantitative estimate of drug-likeness (QED) is 0.411. The van der Waals surface area contributed by atoms with Crippen LogP contribution < -0.4 is 16.6 Å². The van der Waals surface area contributed by atoms with Crippen LogP contribution in [0.15, 0.2) is 11.4 Å². The Balaban J connectivity index is 2.12. The summed E-state index contributed by atoms with van der Waals surface area (Å²) in [6.45, 7) is 4.40. The number of hydrazine groups is 1. The van der Waals surface area contributed by atoms with Gasteiger partial charge in [0.2, 0.25) is 5.95 Å². The zero-order chi connectivity index (χ0) is 13.7. The van der Waals surface area contributed by atoms with Crippen LogP contribution in [0.2, 0.25) is 0 Å². The van der Waals surface area contributed by atoms with Crippen molar-refractivity contribution in [1.29, 1.82) is 0 Å². The van der Waals surface area contributed by atoms with E-state index >= 15 is 0 Å². The Kier molecular flexibility index (Phi) is 4.93. The monoisotopic (exact) mass is 279 g/mol. The van der Waals surface area contributed by atoms with Crippen LogP contribution in [0.1, 0.15) is 39.5 Å². The largest absolute Gasteiger partial charge is 0.367 e. The van der Waals surface area contributed by atoms with Crippen molar-refractivity contribution in [3.05, 3.63) is 11.4 Å². The average molecular weight is 279 g/mol. The summed E-state index contributed by atoms with van der Waals surface area (Å²) in [4.78, 5) is 9.69. The molecule has 1 atom stereocenters. The molecule has 6 heteroatoms. The molecule has 0 spiro atoms. The Bertz CT molecular complexity index is 525. The first kappa shape index (κ1) is 14.0. The zero-order valence-corrected chi connectivity index (χ0v) is 12.3. The van der Waals surface area contributed by atoms with Crippen molar-refractivity contribution in [2.24, 2.45) is 5.84 Å². The third-order valence-electron chi connectivity index (χ3n) is 3.08. The number of rotatable bonds is 7. The molecule has 104 valence electrons. The van der Waals surface area contributed by atoms with Crippen LogP contribution in [-0.4, -0.2) is 16.0 Å². The van der Waals surface area contributed by atoms with E-state index in [2.05, 4.69) is 34.6 Å². The van der Waals surface area contributed by atoms with Gasteiger partial charge in [0.05, 0.1) is 5.39 Å². The van der Waals surface area contributed by atoms with E-state index in [1.54, 1.807) is 11.3 Å². The Morgan fingerprint density at radius 1 is 1.37 bits per heavy atom. The molecule has 0 bridgehead atoms. The molecule has 2 aromatic heterocycles. The Morgan fingerprint density at radius 2 is 2.21 bits per heavy atom. The summed E-state index contributed by atoms with van der Waals surface area (Å²) in [5, 5.41) is 6.55. The minimum atomic E-state index is 0.398. The van der Waals surface area contributed by atoms with E-state index in [0.717, 1.165) is 22.5 Å². The van der Waals surface area contributed by atoms with Crippen LogP contribution in [0, 0.1) is 0 Å². The number of nitrogens with two attached hydrogens (primary N) is 1. The lowest BCUT2D eigenvalue weighted by atomic mass is 10.1. The predicted octanol–water partition coefficient (Wildman–Crippen LogP) is 3.36. The van der Waals surface area contributed by atoms with E-state index in [1.165, 1.54) is 19.3 Å². The first-order chi connectivity index (χ1) is 9.24. The van der Waals surface area contributed by atoms with E-state index in [9.17, 15) is 0 Å². The topological polar surface area (TPSA) is 75.9 Å². The number of fused-ring (bicyclic) bond motifs is 1. The number of hydrogen-bond acceptors (Lipinski definition) is 6. The summed E-state index contributed by atoms with van der Waals surface area (Å²) in [5.41, 5.74) is 2.52. The minimum absolute atomic E-state index is 0.398. The highest BCUT2D eigenvalue weighted by molar-refractivity contribution is 7.16. The van der Waals surface area contributed by atoms with Gasteiger partial charge in [0.25, 0.3) is 0 Å². The third kappa shape index (κ3) is 3.54. The fourth-order valence-corrected chi connectivity index (χ4v) is 2.80. The van der Waals surface area contributed by atoms with E-state index in [0.29, 0.717) is 12.0 Å². The molecular formula is C13H21N5S. The van der Waals surface area contributed by atoms with Gasteiger partial charge in [-0.1, -0.05) is 26.2 Å². The van der Waals surface area contributed by atoms with Crippen molar-refractivity contribution in [1.82, 2.24) is 9.97 Å². The molecule has 2 rings (SSSR count). The number of anilines is 2. The summed E-state index contributed by atoms with van der Waals surface area (Å²) >= 11 is 1.59. The van der Waals surface area contributed by atoms with Gasteiger partial charge in [-0.25, -0.2) is 10.8 Å². The van der Waals surface area contributed by atoms with Crippen molar-refractivity contribution in [2.75, 3.05) is 10.7 Å². The lowest BCUT2D eigenvalue weighted by molar-refractivity contribution is 0.614. The fraction of sp³-hybridized carbons (Fsp3) is 0.538. The Labute approximate surface area is 117 Å². The van der Waals surface area contributed by atoms with E-state index in [4.69, 9.17) is 5.84 Å². The van der Waals surface area contributed by atoms with Gasteiger partial charge in [0.1, 0.15) is 10.6 Å². The van der Waals surface area contributed by atoms with Gasteiger partial charge in [-0.05, 0) is 24.8 Å². The maximum atomic E-state index is 5.41. The van der Waals surface area contributed by atoms with Crippen LogP contribution >= 0.6 is 11.3 Å². The molecular weight excluding hydrogens is 258 g/mol. The fourth-order valence-electron chi connectivity index (χ4n) is 2.04. The summed E-state index contributed by atoms with van der Waals surface area (Å²) in [7, 11) is 0. The molecule has 19 heavy (non-hydrogen) atoms. The molecule has 0 aromatic carbocycles. The number of nitrogen functional groups attached to an aromatic ring is 1. The summed E-state index contributed by atoms with van der Waals surface area (Å²) in [6, 6.07) is 2.44. The summed E-state index contributed by atoms with van der Waals surface area (Å²) in [6.07, 6.45) is 4.91. The smallest absolute Gasteiger partial charge is 0.240 e. The predicted molar refractivity (Wildman–Crippen MR) is 82.5 cm³/mol. The van der Waals surface area contributed by atoms with Crippen molar-refractivity contribution < 1.29 is 0 Å². The standard InChI is InChI=1S/C13H21N5S/c1-3-4-5-6-9(2)15-11-10-7-8-19-12(10)17-13(16-11)18-14/h7-9H,3-6,14H2,1-2H3,(H2,15,16,17,18). The molecule has 0 amide bonds. The first-order valence-electron chi connectivity index (χ1n) is 6.73. The second-order valence-corrected chi connectivity index (χ2v) is 5.62. The van der Waals surface area contributed by atoms with E-state index in [1.807, 2.05) is 11.4 Å². The highest BCUT2D eigenvalue weighted by atomic mass is 32.1. The number of hydrogen-bond donors (Lipinski definition) is 3. The summed E-state index contributed by atoms with van der Waals surface area (Å²) in [5.74, 6) is 6.73. The molecule has 4 N–H and O–H groups in total. The number of nitrogens with zero attached hydrogens (tertiary/aromatic N) is 2. The van der Waals surface area contributed by atoms with Gasteiger partial charge in [-0.15, -0.1) is 11.3 Å². The van der Waals surface area contributed by atoms with Crippen LogP contribution in [0.5, 0.6) is 0 Å². The molecule has 0 aliphatic rings. The maximum absolute atomic E-state index is 5.41. The van der Waals surface area contributed by atoms with Crippen LogP contribution in [0.25, 0.3) is 10.2 Å². The maximum Gasteiger partial charge on any atom is 0.240 e. The number of nitrogens with one attached hydrogen (secondary N) is 2. The second kappa shape index (κ2) is 6.68. The molecule has 0 aliphatic carbocycles. The highest BCUT2D eigenvalue weighted by Gasteiger charge is 2.10. The molecule has 0 aliphatic heterocycles. The van der Waals surface area contributed by atoms with Crippen molar-refractivity contribution >= 4 is 33.3 Å². The lowest BCUT2D eigenvalue weighted by Gasteiger charge is -2.15. The average Bonchev–Trinajstić information content (AvgIpc) is 2.87. The number of unbranched alkanes of at least 4 members (excludes halogenated alkanes) is 2. The lowest BCUT2D eigenvalue weighted by Crippen LogP contribution is -2.18. The normalized spacial score (nSPS) is 12.6. The molecule has 0 saturated carbocycles. The number of thiophene rings is 1. The van der Waals surface area contributed by atoms with Crippen molar-refractivity contribution in [3.8, 4) is 0 Å². The van der Waals surface area contributed by atoms with Crippen molar-refractivity contribution in [2.45, 2.75) is 45.6 Å². The van der Waals surface area contributed by atoms with Gasteiger partial charge in [0, 0.05) is 6.04 Å². The van der Waals surface area contributed by atoms with Crippen molar-refractivity contribution in [3.63, 3.8) is 0 Å². The van der Waals surface area contributed by atoms with E-state index < -0.39 is 0 Å². The van der Waals surface area contributed by atoms with Gasteiger partial charge in [-0.2, -0.15) is 4.98 Å². The van der Waals surface area contributed by atoms with Gasteiger partial charge in [0.15, 0.2) is 0 Å². The number of aromatic nitrogens is 2. The minimum Gasteiger partial charge on any atom is -0.367 e. The highest BCUT2D eigenvalue weighted by Crippen LogP contribution is 2.27. The molecule has 2 aromatic rings. The summed E-state index contributed by atoms with van der Waals surface area (Å²) < 4.78 is 0. The molecule has 1 unspecified atom stereocenters. The van der Waals surface area contributed by atoms with Crippen LogP contribution in [-0.2, 0) is 0 Å². The third-order valence-corrected chi connectivity index (χ3v) is 3.88. The SMILES string of the molecule is CCCCCC(C)Nc1nc(NN)nc2sccc12. The Morgan fingerprint density at radius 3 is 2.95 bits per heavy atom. The second-order valence-electron chi connectivity index (χ2n) is 4.72. The molecule has 5 nitrogen and oxygen atoms in total. The molecule has 0 saturated heterocycles. The van der Waals surface area contributed by atoms with Crippen LogP contribution in [0.3, 0.4) is 0 Å². The zero-order valence-electron chi connectivity index (χ0n) is 11.4. The van der Waals surface area contributed by atoms with Gasteiger partial charge in [-0.3, -0.25) is 5.43 Å². The molecule has 2 heterocycles.